The number of nitrogens with one attached hydrogen (secondary N) is 1. The van der Waals surface area contributed by atoms with Gasteiger partial charge in [-0.25, -0.2) is 0 Å². The van der Waals surface area contributed by atoms with E-state index in [4.69, 9.17) is 0 Å². The van der Waals surface area contributed by atoms with Crippen molar-refractivity contribution in [3.8, 4) is 11.4 Å². The van der Waals surface area contributed by atoms with Crippen LogP contribution in [0.15, 0.2) is 24.4 Å². The SMILES string of the molecule is CC(C)(C)c1cccnc1-c1cc(C(F)(F)F)[nH]n1. The number of rotatable bonds is 1. The topological polar surface area (TPSA) is 41.6 Å². The molecule has 0 aliphatic heterocycles. The van der Waals surface area contributed by atoms with Crippen molar-refractivity contribution in [3.63, 3.8) is 0 Å². The van der Waals surface area contributed by atoms with Gasteiger partial charge in [0.1, 0.15) is 11.4 Å². The predicted molar refractivity (Wildman–Crippen MR) is 65.5 cm³/mol. The third-order valence-corrected chi connectivity index (χ3v) is 2.74. The Balaban J connectivity index is 2.52. The molecule has 0 amide bonds. The fourth-order valence-electron chi connectivity index (χ4n) is 1.80. The summed E-state index contributed by atoms with van der Waals surface area (Å²) in [6.45, 7) is 5.93. The first-order valence-electron chi connectivity index (χ1n) is 5.78. The number of aromatic nitrogens is 3. The lowest BCUT2D eigenvalue weighted by Crippen LogP contribution is -2.13. The maximum absolute atomic E-state index is 12.6. The van der Waals surface area contributed by atoms with E-state index < -0.39 is 11.9 Å². The van der Waals surface area contributed by atoms with Gasteiger partial charge in [0.05, 0.1) is 5.69 Å². The average molecular weight is 269 g/mol. The second-order valence-electron chi connectivity index (χ2n) is 5.31. The lowest BCUT2D eigenvalue weighted by atomic mass is 9.85. The highest BCUT2D eigenvalue weighted by molar-refractivity contribution is 5.60. The van der Waals surface area contributed by atoms with Crippen molar-refractivity contribution in [1.82, 2.24) is 15.2 Å². The maximum atomic E-state index is 12.6. The lowest BCUT2D eigenvalue weighted by molar-refractivity contribution is -0.141. The van der Waals surface area contributed by atoms with Gasteiger partial charge < -0.3 is 0 Å². The Morgan fingerprint density at radius 2 is 1.84 bits per heavy atom. The second kappa shape index (κ2) is 4.36. The Morgan fingerprint density at radius 1 is 1.16 bits per heavy atom. The Kier molecular flexibility index (Phi) is 3.12. The molecule has 2 aromatic rings. The van der Waals surface area contributed by atoms with Crippen molar-refractivity contribution in [2.24, 2.45) is 0 Å². The molecule has 0 bridgehead atoms. The smallest absolute Gasteiger partial charge is 0.273 e. The van der Waals surface area contributed by atoms with Crippen molar-refractivity contribution in [1.29, 1.82) is 0 Å². The monoisotopic (exact) mass is 269 g/mol. The van der Waals surface area contributed by atoms with Crippen LogP contribution in [0.25, 0.3) is 11.4 Å². The molecule has 2 heterocycles. The molecule has 1 N–H and O–H groups in total. The van der Waals surface area contributed by atoms with Gasteiger partial charge in [0.2, 0.25) is 0 Å². The number of nitrogens with zero attached hydrogens (tertiary/aromatic N) is 2. The van der Waals surface area contributed by atoms with E-state index >= 15 is 0 Å². The minimum absolute atomic E-state index is 0.206. The number of H-pyrrole nitrogens is 1. The minimum Gasteiger partial charge on any atom is -0.273 e. The van der Waals surface area contributed by atoms with E-state index in [0.717, 1.165) is 11.6 Å². The summed E-state index contributed by atoms with van der Waals surface area (Å²) in [5, 5.41) is 5.73. The third kappa shape index (κ3) is 2.77. The van der Waals surface area contributed by atoms with Gasteiger partial charge in [0.25, 0.3) is 0 Å². The van der Waals surface area contributed by atoms with E-state index in [-0.39, 0.29) is 11.1 Å². The van der Waals surface area contributed by atoms with E-state index in [9.17, 15) is 13.2 Å². The number of hydrogen-bond acceptors (Lipinski definition) is 2. The maximum Gasteiger partial charge on any atom is 0.432 e. The number of hydrogen-bond donors (Lipinski definition) is 1. The Hall–Kier alpha value is -1.85. The van der Waals surface area contributed by atoms with Gasteiger partial charge in [-0.3, -0.25) is 10.1 Å². The van der Waals surface area contributed by atoms with Crippen LogP contribution in [0.2, 0.25) is 0 Å². The summed E-state index contributed by atoms with van der Waals surface area (Å²) in [4.78, 5) is 4.16. The van der Waals surface area contributed by atoms with E-state index in [1.165, 1.54) is 0 Å². The van der Waals surface area contributed by atoms with Crippen LogP contribution < -0.4 is 0 Å². The van der Waals surface area contributed by atoms with Crippen LogP contribution in [0.4, 0.5) is 13.2 Å². The van der Waals surface area contributed by atoms with E-state index in [1.54, 1.807) is 12.3 Å². The number of pyridine rings is 1. The molecule has 2 rings (SSSR count). The summed E-state index contributed by atoms with van der Waals surface area (Å²) < 4.78 is 37.7. The molecule has 0 radical (unpaired) electrons. The van der Waals surface area contributed by atoms with Gasteiger partial charge in [-0.1, -0.05) is 26.8 Å². The fourth-order valence-corrected chi connectivity index (χ4v) is 1.80. The molecule has 0 aromatic carbocycles. The first-order valence-corrected chi connectivity index (χ1v) is 5.78. The van der Waals surface area contributed by atoms with Crippen molar-refractivity contribution in [3.05, 3.63) is 35.7 Å². The van der Waals surface area contributed by atoms with Crippen LogP contribution in [-0.4, -0.2) is 15.2 Å². The molecule has 0 saturated carbocycles. The van der Waals surface area contributed by atoms with Crippen LogP contribution in [0, 0.1) is 0 Å². The van der Waals surface area contributed by atoms with Crippen LogP contribution in [-0.2, 0) is 11.6 Å². The molecule has 0 atom stereocenters. The summed E-state index contributed by atoms with van der Waals surface area (Å²) in [7, 11) is 0. The highest BCUT2D eigenvalue weighted by Gasteiger charge is 2.33. The summed E-state index contributed by atoms with van der Waals surface area (Å²) in [5.41, 5.74) is 0.448. The Bertz CT molecular complexity index is 579. The van der Waals surface area contributed by atoms with E-state index in [1.807, 2.05) is 31.9 Å². The van der Waals surface area contributed by atoms with Crippen LogP contribution in [0.1, 0.15) is 32.0 Å². The largest absolute Gasteiger partial charge is 0.432 e. The van der Waals surface area contributed by atoms with Crippen molar-refractivity contribution in [2.75, 3.05) is 0 Å². The number of aromatic amines is 1. The summed E-state index contributed by atoms with van der Waals surface area (Å²) in [6.07, 6.45) is -2.88. The summed E-state index contributed by atoms with van der Waals surface area (Å²) in [6, 6.07) is 4.60. The molecule has 6 heteroatoms. The molecule has 0 aliphatic rings. The van der Waals surface area contributed by atoms with Crippen molar-refractivity contribution in [2.45, 2.75) is 32.4 Å². The van der Waals surface area contributed by atoms with Crippen LogP contribution in [0.3, 0.4) is 0 Å². The van der Waals surface area contributed by atoms with Gasteiger partial charge >= 0.3 is 6.18 Å². The zero-order valence-corrected chi connectivity index (χ0v) is 10.8. The standard InChI is InChI=1S/C13H14F3N3/c1-12(2,3)8-5-4-6-17-11(8)9-7-10(19-18-9)13(14,15)16/h4-7H,1-3H3,(H,18,19). The zero-order valence-electron chi connectivity index (χ0n) is 10.8. The highest BCUT2D eigenvalue weighted by Crippen LogP contribution is 2.33. The van der Waals surface area contributed by atoms with E-state index in [2.05, 4.69) is 10.1 Å². The van der Waals surface area contributed by atoms with Gasteiger partial charge in [0, 0.05) is 6.20 Å². The zero-order chi connectivity index (χ0) is 14.3. The van der Waals surface area contributed by atoms with Crippen LogP contribution in [0.5, 0.6) is 0 Å². The van der Waals surface area contributed by atoms with E-state index in [0.29, 0.717) is 5.69 Å². The molecule has 19 heavy (non-hydrogen) atoms. The van der Waals surface area contributed by atoms with Crippen molar-refractivity contribution >= 4 is 0 Å². The molecular weight excluding hydrogens is 255 g/mol. The number of halogens is 3. The van der Waals surface area contributed by atoms with Crippen LogP contribution >= 0.6 is 0 Å². The fraction of sp³-hybridized carbons (Fsp3) is 0.385. The minimum atomic E-state index is -4.43. The number of alkyl halides is 3. The Labute approximate surface area is 108 Å². The summed E-state index contributed by atoms with van der Waals surface area (Å²) >= 11 is 0. The van der Waals surface area contributed by atoms with Gasteiger partial charge in [0.15, 0.2) is 0 Å². The Morgan fingerprint density at radius 3 is 2.37 bits per heavy atom. The molecule has 0 spiro atoms. The summed E-state index contributed by atoms with van der Waals surface area (Å²) in [5.74, 6) is 0. The van der Waals surface area contributed by atoms with Gasteiger partial charge in [-0.2, -0.15) is 18.3 Å². The molecule has 2 aromatic heterocycles. The lowest BCUT2D eigenvalue weighted by Gasteiger charge is -2.21. The first-order chi connectivity index (χ1) is 8.69. The predicted octanol–water partition coefficient (Wildman–Crippen LogP) is 3.79. The van der Waals surface area contributed by atoms with Gasteiger partial charge in [-0.15, -0.1) is 0 Å². The molecule has 102 valence electrons. The quantitative estimate of drug-likeness (QED) is 0.855. The molecule has 3 nitrogen and oxygen atoms in total. The normalized spacial score (nSPS) is 12.7. The average Bonchev–Trinajstić information content (AvgIpc) is 2.76. The third-order valence-electron chi connectivity index (χ3n) is 2.74. The molecular formula is C13H14F3N3. The molecule has 0 fully saturated rings. The molecule has 0 unspecified atom stereocenters. The highest BCUT2D eigenvalue weighted by atomic mass is 19.4. The second-order valence-corrected chi connectivity index (χ2v) is 5.31. The molecule has 0 aliphatic carbocycles. The first kappa shape index (κ1) is 13.6. The van der Waals surface area contributed by atoms with Gasteiger partial charge in [-0.05, 0) is 23.1 Å². The van der Waals surface area contributed by atoms with Crippen molar-refractivity contribution < 1.29 is 13.2 Å². The molecule has 0 saturated heterocycles.